The average Bonchev–Trinajstić information content (AvgIpc) is 2.57. The standard InChI is InChI=1S/C6H15NO3.3C3H6O2/c8-4-1-7(2-5-9)3-6-10;3*1-2-3(4)5/h8-10H,1-6H2;3*2H2,1H3,(H,4,5). The van der Waals surface area contributed by atoms with Crippen LogP contribution in [0.2, 0.25) is 0 Å². The maximum atomic E-state index is 9.37. The SMILES string of the molecule is CCC(=O)O.CCC(=O)O.CCC(=O)O.OCCN(CCO)CCO. The molecule has 0 heterocycles. The van der Waals surface area contributed by atoms with E-state index < -0.39 is 17.9 Å². The van der Waals surface area contributed by atoms with Crippen molar-refractivity contribution < 1.29 is 45.0 Å². The normalized spacial score (nSPS) is 8.76. The molecule has 0 saturated carbocycles. The highest BCUT2D eigenvalue weighted by Gasteiger charge is 2.00. The van der Waals surface area contributed by atoms with E-state index in [0.29, 0.717) is 19.6 Å². The first-order chi connectivity index (χ1) is 11.7. The van der Waals surface area contributed by atoms with E-state index in [9.17, 15) is 14.4 Å². The van der Waals surface area contributed by atoms with Gasteiger partial charge in [0.15, 0.2) is 0 Å². The maximum Gasteiger partial charge on any atom is 0.303 e. The van der Waals surface area contributed by atoms with Gasteiger partial charge >= 0.3 is 17.9 Å². The Kier molecular flexibility index (Phi) is 33.7. The fourth-order valence-corrected chi connectivity index (χ4v) is 0.760. The summed E-state index contributed by atoms with van der Waals surface area (Å²) < 4.78 is 0. The molecular weight excluding hydrogens is 338 g/mol. The summed E-state index contributed by atoms with van der Waals surface area (Å²) in [6.07, 6.45) is 0.667. The molecule has 0 aromatic carbocycles. The van der Waals surface area contributed by atoms with Gasteiger partial charge in [-0.05, 0) is 0 Å². The monoisotopic (exact) mass is 371 g/mol. The van der Waals surface area contributed by atoms with E-state index in [0.717, 1.165) is 0 Å². The van der Waals surface area contributed by atoms with Gasteiger partial charge in [0.25, 0.3) is 0 Å². The van der Waals surface area contributed by atoms with Crippen molar-refractivity contribution in [2.75, 3.05) is 39.5 Å². The Morgan fingerprint density at radius 1 is 0.600 bits per heavy atom. The smallest absolute Gasteiger partial charge is 0.303 e. The third kappa shape index (κ3) is 52.0. The summed E-state index contributed by atoms with van der Waals surface area (Å²) in [4.78, 5) is 29.9. The second-order valence-electron chi connectivity index (χ2n) is 4.25. The van der Waals surface area contributed by atoms with Crippen molar-refractivity contribution in [1.82, 2.24) is 4.90 Å². The van der Waals surface area contributed by atoms with Crippen molar-refractivity contribution in [2.24, 2.45) is 0 Å². The molecule has 0 amide bonds. The number of rotatable bonds is 9. The molecule has 0 atom stereocenters. The van der Waals surface area contributed by atoms with E-state index in [2.05, 4.69) is 0 Å². The van der Waals surface area contributed by atoms with Gasteiger partial charge in [0.2, 0.25) is 0 Å². The minimum absolute atomic E-state index is 0.0694. The summed E-state index contributed by atoms with van der Waals surface area (Å²) in [5.74, 6) is -2.24. The zero-order valence-corrected chi connectivity index (χ0v) is 15.2. The van der Waals surface area contributed by atoms with Gasteiger partial charge in [-0.2, -0.15) is 0 Å². The molecule has 10 nitrogen and oxygen atoms in total. The lowest BCUT2D eigenvalue weighted by Gasteiger charge is -2.17. The van der Waals surface area contributed by atoms with Crippen molar-refractivity contribution in [3.63, 3.8) is 0 Å². The molecule has 152 valence electrons. The lowest BCUT2D eigenvalue weighted by molar-refractivity contribution is -0.137. The van der Waals surface area contributed by atoms with Gasteiger partial charge in [-0.25, -0.2) is 0 Å². The summed E-state index contributed by atoms with van der Waals surface area (Å²) in [5.41, 5.74) is 0. The fraction of sp³-hybridized carbons (Fsp3) is 0.800. The topological polar surface area (TPSA) is 176 Å². The molecule has 0 fully saturated rings. The van der Waals surface area contributed by atoms with E-state index in [-0.39, 0.29) is 39.1 Å². The number of hydrogen-bond donors (Lipinski definition) is 6. The van der Waals surface area contributed by atoms with Crippen LogP contribution in [0.25, 0.3) is 0 Å². The van der Waals surface area contributed by atoms with Crippen LogP contribution in [0.1, 0.15) is 40.0 Å². The van der Waals surface area contributed by atoms with Crippen LogP contribution in [0.4, 0.5) is 0 Å². The van der Waals surface area contributed by atoms with Gasteiger partial charge in [-0.1, -0.05) is 20.8 Å². The van der Waals surface area contributed by atoms with E-state index in [1.54, 1.807) is 25.7 Å². The average molecular weight is 371 g/mol. The molecule has 25 heavy (non-hydrogen) atoms. The van der Waals surface area contributed by atoms with E-state index in [1.807, 2.05) is 0 Å². The first-order valence-electron chi connectivity index (χ1n) is 7.86. The molecule has 10 heteroatoms. The summed E-state index contributed by atoms with van der Waals surface area (Å²) in [6.45, 7) is 6.55. The zero-order chi connectivity index (χ0) is 20.7. The quantitative estimate of drug-likeness (QED) is 0.316. The number of carboxylic acid groups (broad SMARTS) is 3. The number of nitrogens with zero attached hydrogens (tertiary/aromatic N) is 1. The number of carbonyl (C=O) groups is 3. The predicted octanol–water partition coefficient (Wildman–Crippen LogP) is -0.292. The molecule has 6 N–H and O–H groups in total. The Balaban J connectivity index is -0.000000126. The van der Waals surface area contributed by atoms with Crippen LogP contribution in [-0.2, 0) is 14.4 Å². The lowest BCUT2D eigenvalue weighted by Crippen LogP contribution is -2.32. The molecule has 0 aromatic rings. The van der Waals surface area contributed by atoms with Crippen LogP contribution in [0.15, 0.2) is 0 Å². The lowest BCUT2D eigenvalue weighted by atomic mass is 10.4. The summed E-state index contributed by atoms with van der Waals surface area (Å²) in [6, 6.07) is 0. The third-order valence-corrected chi connectivity index (χ3v) is 2.16. The van der Waals surface area contributed by atoms with Crippen molar-refractivity contribution in [2.45, 2.75) is 40.0 Å². The Hall–Kier alpha value is -1.75. The summed E-state index contributed by atoms with van der Waals surface area (Å²) in [5, 5.41) is 48.6. The van der Waals surface area contributed by atoms with Crippen molar-refractivity contribution >= 4 is 17.9 Å². The zero-order valence-electron chi connectivity index (χ0n) is 15.2. The number of carboxylic acids is 3. The van der Waals surface area contributed by atoms with Crippen molar-refractivity contribution in [3.05, 3.63) is 0 Å². The van der Waals surface area contributed by atoms with Crippen molar-refractivity contribution in [1.29, 1.82) is 0 Å². The molecule has 0 aliphatic rings. The first-order valence-corrected chi connectivity index (χ1v) is 7.86. The van der Waals surface area contributed by atoms with E-state index >= 15 is 0 Å². The Morgan fingerprint density at radius 3 is 0.840 bits per heavy atom. The highest BCUT2D eigenvalue weighted by molar-refractivity contribution is 5.66. The van der Waals surface area contributed by atoms with Crippen LogP contribution >= 0.6 is 0 Å². The van der Waals surface area contributed by atoms with Crippen LogP contribution in [0, 0.1) is 0 Å². The van der Waals surface area contributed by atoms with Crippen LogP contribution in [-0.4, -0.2) is 92.9 Å². The first kappa shape index (κ1) is 31.1. The molecule has 0 radical (unpaired) electrons. The minimum atomic E-state index is -0.745. The minimum Gasteiger partial charge on any atom is -0.481 e. The highest BCUT2D eigenvalue weighted by atomic mass is 16.4. The number of aliphatic carboxylic acids is 3. The third-order valence-electron chi connectivity index (χ3n) is 2.16. The fourth-order valence-electron chi connectivity index (χ4n) is 0.760. The van der Waals surface area contributed by atoms with E-state index in [1.165, 1.54) is 0 Å². The van der Waals surface area contributed by atoms with Crippen LogP contribution in [0.3, 0.4) is 0 Å². The number of aliphatic hydroxyl groups excluding tert-OH is 3. The molecule has 0 aromatic heterocycles. The Labute approximate surface area is 148 Å². The number of hydrogen-bond acceptors (Lipinski definition) is 7. The second-order valence-corrected chi connectivity index (χ2v) is 4.25. The van der Waals surface area contributed by atoms with Crippen molar-refractivity contribution in [3.8, 4) is 0 Å². The van der Waals surface area contributed by atoms with E-state index in [4.69, 9.17) is 30.6 Å². The largest absolute Gasteiger partial charge is 0.481 e. The Morgan fingerprint density at radius 2 is 0.760 bits per heavy atom. The van der Waals surface area contributed by atoms with Gasteiger partial charge in [-0.15, -0.1) is 0 Å². The molecule has 0 bridgehead atoms. The molecule has 0 aliphatic carbocycles. The summed E-state index contributed by atoms with van der Waals surface area (Å²) in [7, 11) is 0. The second kappa shape index (κ2) is 27.1. The Bertz CT molecular complexity index is 264. The van der Waals surface area contributed by atoms with Crippen LogP contribution in [0.5, 0.6) is 0 Å². The molecule has 0 spiro atoms. The number of aliphatic hydroxyl groups is 3. The molecular formula is C15H33NO9. The molecule has 0 rings (SSSR count). The van der Waals surface area contributed by atoms with Gasteiger partial charge in [0.05, 0.1) is 19.8 Å². The maximum absolute atomic E-state index is 9.37. The molecule has 0 aliphatic heterocycles. The van der Waals surface area contributed by atoms with Gasteiger partial charge < -0.3 is 30.6 Å². The highest BCUT2D eigenvalue weighted by Crippen LogP contribution is 1.84. The van der Waals surface area contributed by atoms with Gasteiger partial charge in [0, 0.05) is 38.9 Å². The molecule has 0 unspecified atom stereocenters. The van der Waals surface area contributed by atoms with Gasteiger partial charge in [0.1, 0.15) is 0 Å². The van der Waals surface area contributed by atoms with Gasteiger partial charge in [-0.3, -0.25) is 19.3 Å². The van der Waals surface area contributed by atoms with Crippen LogP contribution < -0.4 is 0 Å². The predicted molar refractivity (Wildman–Crippen MR) is 91.5 cm³/mol. The molecule has 0 saturated heterocycles. The summed E-state index contributed by atoms with van der Waals surface area (Å²) >= 11 is 0.